The lowest BCUT2D eigenvalue weighted by Crippen LogP contribution is -2.29. The van der Waals surface area contributed by atoms with E-state index in [9.17, 15) is 24.8 Å². The fraction of sp³-hybridized carbons (Fsp3) is 0.148. The molecule has 5 rings (SSSR count). The first-order valence-electron chi connectivity index (χ1n) is 11.3. The van der Waals surface area contributed by atoms with E-state index >= 15 is 0 Å². The molecule has 0 saturated carbocycles. The van der Waals surface area contributed by atoms with Gasteiger partial charge in [0.15, 0.2) is 5.13 Å². The number of non-ortho nitro benzene ring substituents is 1. The van der Waals surface area contributed by atoms with E-state index in [0.717, 1.165) is 22.2 Å². The van der Waals surface area contributed by atoms with Gasteiger partial charge >= 0.3 is 5.91 Å². The number of nitro benzene ring substituents is 1. The van der Waals surface area contributed by atoms with Crippen molar-refractivity contribution in [3.05, 3.63) is 105 Å². The quantitative estimate of drug-likeness (QED) is 0.124. The zero-order chi connectivity index (χ0) is 25.6. The summed E-state index contributed by atoms with van der Waals surface area (Å²) in [7, 11) is 0. The summed E-state index contributed by atoms with van der Waals surface area (Å²) in [6.45, 7) is 3.93. The van der Waals surface area contributed by atoms with Crippen LogP contribution in [0, 0.1) is 17.0 Å². The van der Waals surface area contributed by atoms with Gasteiger partial charge in [0.25, 0.3) is 11.5 Å². The molecular weight excluding hydrogens is 478 g/mol. The number of thiazole rings is 1. The Labute approximate surface area is 210 Å². The Morgan fingerprint density at radius 2 is 1.86 bits per heavy atom. The molecule has 1 saturated heterocycles. The van der Waals surface area contributed by atoms with Crippen LogP contribution in [0.1, 0.15) is 35.2 Å². The van der Waals surface area contributed by atoms with E-state index in [0.29, 0.717) is 16.6 Å². The number of nitro groups is 1. The van der Waals surface area contributed by atoms with E-state index in [4.69, 9.17) is 0 Å². The first kappa shape index (κ1) is 23.4. The van der Waals surface area contributed by atoms with Gasteiger partial charge in [-0.25, -0.2) is 4.98 Å². The fourth-order valence-corrected chi connectivity index (χ4v) is 5.36. The number of benzene rings is 3. The van der Waals surface area contributed by atoms with Crippen LogP contribution < -0.4 is 4.90 Å². The molecule has 0 bridgehead atoms. The lowest BCUT2D eigenvalue weighted by molar-refractivity contribution is -0.384. The van der Waals surface area contributed by atoms with E-state index in [-0.39, 0.29) is 22.2 Å². The van der Waals surface area contributed by atoms with Crippen molar-refractivity contribution in [2.24, 2.45) is 0 Å². The van der Waals surface area contributed by atoms with Crippen LogP contribution >= 0.6 is 11.3 Å². The van der Waals surface area contributed by atoms with Gasteiger partial charge in [0.05, 0.1) is 26.8 Å². The summed E-state index contributed by atoms with van der Waals surface area (Å²) >= 11 is 1.25. The molecule has 0 unspecified atom stereocenters. The molecule has 1 amide bonds. The average Bonchev–Trinajstić information content (AvgIpc) is 3.41. The van der Waals surface area contributed by atoms with E-state index in [1.807, 2.05) is 32.0 Å². The molecule has 0 radical (unpaired) electrons. The number of carbonyl (C=O) groups excluding carboxylic acids is 2. The van der Waals surface area contributed by atoms with E-state index < -0.39 is 22.7 Å². The molecule has 1 aromatic heterocycles. The summed E-state index contributed by atoms with van der Waals surface area (Å²) in [4.78, 5) is 43.5. The molecule has 1 aliphatic heterocycles. The van der Waals surface area contributed by atoms with Crippen LogP contribution in [0.25, 0.3) is 16.0 Å². The number of Topliss-reactive ketones (excluding diaryl/α,β-unsaturated/α-hetero) is 1. The molecule has 2 heterocycles. The number of aliphatic hydroxyl groups excluding tert-OH is 1. The molecule has 1 N–H and O–H groups in total. The summed E-state index contributed by atoms with van der Waals surface area (Å²) < 4.78 is 0.850. The normalized spacial score (nSPS) is 17.2. The van der Waals surface area contributed by atoms with Crippen molar-refractivity contribution in [2.75, 3.05) is 4.90 Å². The van der Waals surface area contributed by atoms with Crippen LogP contribution in [0.3, 0.4) is 0 Å². The molecular formula is C27H21N3O5S. The summed E-state index contributed by atoms with van der Waals surface area (Å²) in [5.41, 5.74) is 3.10. The number of ketones is 1. The molecule has 4 aromatic rings. The molecule has 1 atom stereocenters. The number of hydrogen-bond acceptors (Lipinski definition) is 7. The van der Waals surface area contributed by atoms with Gasteiger partial charge in [0.1, 0.15) is 5.76 Å². The summed E-state index contributed by atoms with van der Waals surface area (Å²) in [5, 5.41) is 23.0. The summed E-state index contributed by atoms with van der Waals surface area (Å²) in [6, 6.07) is 17.3. The molecule has 8 nitrogen and oxygen atoms in total. The van der Waals surface area contributed by atoms with Crippen LogP contribution in [0.15, 0.2) is 72.3 Å². The van der Waals surface area contributed by atoms with Crippen molar-refractivity contribution in [3.63, 3.8) is 0 Å². The molecule has 0 spiro atoms. The molecule has 1 fully saturated rings. The Kier molecular flexibility index (Phi) is 5.85. The topological polar surface area (TPSA) is 114 Å². The van der Waals surface area contributed by atoms with Crippen molar-refractivity contribution in [1.29, 1.82) is 0 Å². The number of aromatic nitrogens is 1. The van der Waals surface area contributed by atoms with Gasteiger partial charge in [-0.3, -0.25) is 24.6 Å². The number of amides is 1. The number of hydrogen-bond donors (Lipinski definition) is 1. The van der Waals surface area contributed by atoms with Crippen LogP contribution in [-0.4, -0.2) is 26.7 Å². The Morgan fingerprint density at radius 1 is 1.11 bits per heavy atom. The van der Waals surface area contributed by atoms with Gasteiger partial charge in [-0.15, -0.1) is 0 Å². The zero-order valence-electron chi connectivity index (χ0n) is 19.5. The highest BCUT2D eigenvalue weighted by atomic mass is 32.1. The first-order chi connectivity index (χ1) is 17.3. The van der Waals surface area contributed by atoms with Crippen LogP contribution in [0.5, 0.6) is 0 Å². The zero-order valence-corrected chi connectivity index (χ0v) is 20.3. The number of aliphatic hydroxyl groups is 1. The van der Waals surface area contributed by atoms with E-state index in [1.54, 1.807) is 30.3 Å². The van der Waals surface area contributed by atoms with E-state index in [2.05, 4.69) is 4.98 Å². The van der Waals surface area contributed by atoms with Crippen LogP contribution in [0.2, 0.25) is 0 Å². The minimum absolute atomic E-state index is 0.141. The van der Waals surface area contributed by atoms with Crippen molar-refractivity contribution >= 4 is 49.8 Å². The molecule has 0 aliphatic carbocycles. The Bertz CT molecular complexity index is 1570. The number of fused-ring (bicyclic) bond motifs is 1. The second-order valence-corrected chi connectivity index (χ2v) is 9.55. The summed E-state index contributed by atoms with van der Waals surface area (Å²) in [6.07, 6.45) is 0.831. The highest BCUT2D eigenvalue weighted by Crippen LogP contribution is 2.44. The molecule has 36 heavy (non-hydrogen) atoms. The summed E-state index contributed by atoms with van der Waals surface area (Å²) in [5.74, 6) is -2.07. The molecule has 180 valence electrons. The number of aryl methyl sites for hydroxylation is 2. The number of anilines is 1. The highest BCUT2D eigenvalue weighted by Gasteiger charge is 2.48. The highest BCUT2D eigenvalue weighted by molar-refractivity contribution is 7.22. The van der Waals surface area contributed by atoms with Gasteiger partial charge in [0, 0.05) is 17.7 Å². The largest absolute Gasteiger partial charge is 0.507 e. The molecule has 1 aliphatic rings. The maximum Gasteiger partial charge on any atom is 0.301 e. The van der Waals surface area contributed by atoms with Gasteiger partial charge in [0.2, 0.25) is 0 Å². The molecule has 3 aromatic carbocycles. The minimum Gasteiger partial charge on any atom is -0.507 e. The minimum atomic E-state index is -1.09. The van der Waals surface area contributed by atoms with Gasteiger partial charge < -0.3 is 5.11 Å². The number of rotatable bonds is 5. The van der Waals surface area contributed by atoms with Crippen molar-refractivity contribution in [3.8, 4) is 0 Å². The van der Waals surface area contributed by atoms with Gasteiger partial charge in [-0.1, -0.05) is 66.3 Å². The Hall–Kier alpha value is -4.37. The smallest absolute Gasteiger partial charge is 0.301 e. The third kappa shape index (κ3) is 3.93. The second-order valence-electron chi connectivity index (χ2n) is 8.54. The van der Waals surface area contributed by atoms with Crippen LogP contribution in [-0.2, 0) is 16.0 Å². The van der Waals surface area contributed by atoms with Crippen molar-refractivity contribution < 1.29 is 19.6 Å². The standard InChI is InChI=1S/C27H21N3O5S/c1-3-16-9-12-20-21(13-16)36-27(28-20)29-23(18-5-4-6-19(14-18)30(34)35)22(25(32)26(29)33)24(31)17-10-7-15(2)8-11-17/h4-14,23,31H,3H2,1-2H3/t23-/m0/s1. The lowest BCUT2D eigenvalue weighted by Gasteiger charge is -2.22. The lowest BCUT2D eigenvalue weighted by atomic mass is 9.95. The third-order valence-electron chi connectivity index (χ3n) is 6.22. The predicted molar refractivity (Wildman–Crippen MR) is 138 cm³/mol. The average molecular weight is 500 g/mol. The third-order valence-corrected chi connectivity index (χ3v) is 7.24. The first-order valence-corrected chi connectivity index (χ1v) is 12.1. The SMILES string of the molecule is CCc1ccc2nc(N3C(=O)C(=O)C(=C(O)c4ccc(C)cc4)[C@@H]3c3cccc([N+](=O)[O-])c3)sc2c1. The Morgan fingerprint density at radius 3 is 2.56 bits per heavy atom. The molecule has 9 heteroatoms. The van der Waals surface area contributed by atoms with E-state index in [1.165, 1.54) is 34.4 Å². The fourth-order valence-electron chi connectivity index (χ4n) is 4.30. The van der Waals surface area contributed by atoms with Gasteiger partial charge in [-0.2, -0.15) is 0 Å². The number of nitrogens with zero attached hydrogens (tertiary/aromatic N) is 3. The maximum atomic E-state index is 13.4. The van der Waals surface area contributed by atoms with Crippen molar-refractivity contribution in [1.82, 2.24) is 4.98 Å². The predicted octanol–water partition coefficient (Wildman–Crippen LogP) is 5.70. The van der Waals surface area contributed by atoms with Crippen molar-refractivity contribution in [2.45, 2.75) is 26.3 Å². The monoisotopic (exact) mass is 499 g/mol. The maximum absolute atomic E-state index is 13.4. The second kappa shape index (κ2) is 9.01. The van der Waals surface area contributed by atoms with Gasteiger partial charge in [-0.05, 0) is 36.6 Å². The van der Waals surface area contributed by atoms with Crippen LogP contribution in [0.4, 0.5) is 10.8 Å². The Balaban J connectivity index is 1.74. The number of carbonyl (C=O) groups is 2.